The Morgan fingerprint density at radius 3 is 2.62 bits per heavy atom. The van der Waals surface area contributed by atoms with Gasteiger partial charge in [-0.3, -0.25) is 4.98 Å². The van der Waals surface area contributed by atoms with Gasteiger partial charge in [0.1, 0.15) is 0 Å². The summed E-state index contributed by atoms with van der Waals surface area (Å²) < 4.78 is 0. The molecule has 0 aliphatic heterocycles. The maximum atomic E-state index is 4.20. The molecule has 0 atom stereocenters. The van der Waals surface area contributed by atoms with Gasteiger partial charge in [-0.05, 0) is 32.9 Å². The van der Waals surface area contributed by atoms with Crippen molar-refractivity contribution in [3.8, 4) is 11.8 Å². The van der Waals surface area contributed by atoms with Crippen molar-refractivity contribution in [2.45, 2.75) is 27.2 Å². The molecule has 68 valence electrons. The highest BCUT2D eigenvalue weighted by atomic mass is 14.7. The Labute approximate surface area is 80.2 Å². The minimum absolute atomic E-state index is 0.0920. The lowest BCUT2D eigenvalue weighted by Gasteiger charge is -2.06. The minimum Gasteiger partial charge on any atom is -0.260 e. The molecule has 0 unspecified atom stereocenters. The van der Waals surface area contributed by atoms with Gasteiger partial charge in [0.15, 0.2) is 0 Å². The van der Waals surface area contributed by atoms with E-state index in [9.17, 15) is 0 Å². The first-order valence-corrected chi connectivity index (χ1v) is 4.48. The van der Waals surface area contributed by atoms with Crippen LogP contribution < -0.4 is 0 Å². The first-order chi connectivity index (χ1) is 6.08. The number of nitrogens with zero attached hydrogens (tertiary/aromatic N) is 1. The maximum Gasteiger partial charge on any atom is 0.0522 e. The summed E-state index contributed by atoms with van der Waals surface area (Å²) >= 11 is 0. The minimum atomic E-state index is 0.0920. The molecule has 0 aliphatic rings. The number of pyridine rings is 1. The predicted molar refractivity (Wildman–Crippen MR) is 55.2 cm³/mol. The second-order valence-electron chi connectivity index (χ2n) is 4.05. The van der Waals surface area contributed by atoms with Crippen LogP contribution in [0.2, 0.25) is 0 Å². The Morgan fingerprint density at radius 2 is 2.08 bits per heavy atom. The van der Waals surface area contributed by atoms with E-state index in [1.54, 1.807) is 6.20 Å². The van der Waals surface area contributed by atoms with E-state index in [-0.39, 0.29) is 5.41 Å². The summed E-state index contributed by atoms with van der Waals surface area (Å²) in [6.45, 7) is 6.33. The molecule has 0 N–H and O–H groups in total. The van der Waals surface area contributed by atoms with E-state index in [2.05, 4.69) is 37.6 Å². The Balaban J connectivity index is 2.56. The van der Waals surface area contributed by atoms with Gasteiger partial charge in [0.05, 0.1) is 12.1 Å². The summed E-state index contributed by atoms with van der Waals surface area (Å²) in [5, 5.41) is 0. The van der Waals surface area contributed by atoms with Gasteiger partial charge in [0.25, 0.3) is 0 Å². The molecule has 0 aliphatic carbocycles. The van der Waals surface area contributed by atoms with Crippen LogP contribution in [0.15, 0.2) is 24.4 Å². The maximum absolute atomic E-state index is 4.20. The van der Waals surface area contributed by atoms with Crippen molar-refractivity contribution in [1.82, 2.24) is 4.98 Å². The molecule has 0 saturated carbocycles. The molecular weight excluding hydrogens is 158 g/mol. The average Bonchev–Trinajstić information content (AvgIpc) is 2.04. The first-order valence-electron chi connectivity index (χ1n) is 4.48. The number of hydrogen-bond acceptors (Lipinski definition) is 1. The van der Waals surface area contributed by atoms with Gasteiger partial charge in [0.2, 0.25) is 0 Å². The second-order valence-corrected chi connectivity index (χ2v) is 4.05. The second kappa shape index (κ2) is 4.09. The lowest BCUT2D eigenvalue weighted by molar-refractivity contribution is 0.570. The molecular formula is C12H15N. The molecule has 0 bridgehead atoms. The third-order valence-corrected chi connectivity index (χ3v) is 1.46. The van der Waals surface area contributed by atoms with Crippen LogP contribution in [-0.2, 0) is 6.42 Å². The van der Waals surface area contributed by atoms with E-state index in [4.69, 9.17) is 0 Å². The molecule has 1 nitrogen and oxygen atoms in total. The van der Waals surface area contributed by atoms with Gasteiger partial charge in [-0.1, -0.05) is 17.9 Å². The Morgan fingerprint density at radius 1 is 1.31 bits per heavy atom. The molecule has 13 heavy (non-hydrogen) atoms. The van der Waals surface area contributed by atoms with E-state index in [0.29, 0.717) is 0 Å². The van der Waals surface area contributed by atoms with Crippen LogP contribution in [0.4, 0.5) is 0 Å². The van der Waals surface area contributed by atoms with Crippen LogP contribution in [0.3, 0.4) is 0 Å². The van der Waals surface area contributed by atoms with Crippen molar-refractivity contribution in [3.63, 3.8) is 0 Å². The third kappa shape index (κ3) is 4.32. The van der Waals surface area contributed by atoms with E-state index in [0.717, 1.165) is 12.1 Å². The lowest BCUT2D eigenvalue weighted by atomic mass is 9.98. The standard InChI is InChI=1S/C12H15N/c1-12(2,3)9-6-8-11-7-4-5-10-13-11/h4-5,7,10H,8H2,1-3H3. The summed E-state index contributed by atoms with van der Waals surface area (Å²) in [6, 6.07) is 5.90. The monoisotopic (exact) mass is 173 g/mol. The molecule has 1 heterocycles. The third-order valence-electron chi connectivity index (χ3n) is 1.46. The number of hydrogen-bond donors (Lipinski definition) is 0. The Hall–Kier alpha value is -1.29. The molecule has 0 spiro atoms. The molecule has 0 fully saturated rings. The zero-order chi connectivity index (χ0) is 9.73. The highest BCUT2D eigenvalue weighted by molar-refractivity contribution is 5.15. The summed E-state index contributed by atoms with van der Waals surface area (Å²) in [4.78, 5) is 4.20. The normalized spacial score (nSPS) is 10.4. The molecule has 1 aromatic heterocycles. The van der Waals surface area contributed by atoms with Gasteiger partial charge >= 0.3 is 0 Å². The van der Waals surface area contributed by atoms with Gasteiger partial charge < -0.3 is 0 Å². The smallest absolute Gasteiger partial charge is 0.0522 e. The largest absolute Gasteiger partial charge is 0.260 e. The zero-order valence-electron chi connectivity index (χ0n) is 8.46. The van der Waals surface area contributed by atoms with Crippen molar-refractivity contribution in [2.75, 3.05) is 0 Å². The van der Waals surface area contributed by atoms with E-state index in [1.807, 2.05) is 18.2 Å². The first kappa shape index (κ1) is 9.80. The van der Waals surface area contributed by atoms with Crippen molar-refractivity contribution >= 4 is 0 Å². The summed E-state index contributed by atoms with van der Waals surface area (Å²) in [7, 11) is 0. The topological polar surface area (TPSA) is 12.9 Å². The summed E-state index contributed by atoms with van der Waals surface area (Å²) in [6.07, 6.45) is 2.55. The summed E-state index contributed by atoms with van der Waals surface area (Å²) in [5.41, 5.74) is 1.13. The van der Waals surface area contributed by atoms with Crippen LogP contribution in [0.5, 0.6) is 0 Å². The number of aromatic nitrogens is 1. The summed E-state index contributed by atoms with van der Waals surface area (Å²) in [5.74, 6) is 6.31. The van der Waals surface area contributed by atoms with Gasteiger partial charge in [-0.25, -0.2) is 0 Å². The average molecular weight is 173 g/mol. The molecule has 1 heteroatoms. The molecule has 1 rings (SSSR count). The van der Waals surface area contributed by atoms with Crippen LogP contribution in [0, 0.1) is 17.3 Å². The van der Waals surface area contributed by atoms with Crippen LogP contribution in [0.25, 0.3) is 0 Å². The van der Waals surface area contributed by atoms with Gasteiger partial charge in [-0.15, -0.1) is 0 Å². The Kier molecular flexibility index (Phi) is 3.08. The van der Waals surface area contributed by atoms with Crippen molar-refractivity contribution in [1.29, 1.82) is 0 Å². The van der Waals surface area contributed by atoms with Crippen molar-refractivity contribution in [3.05, 3.63) is 30.1 Å². The predicted octanol–water partition coefficient (Wildman–Crippen LogP) is 2.67. The highest BCUT2D eigenvalue weighted by Crippen LogP contribution is 2.09. The van der Waals surface area contributed by atoms with E-state index < -0.39 is 0 Å². The molecule has 1 aromatic rings. The molecule has 0 radical (unpaired) electrons. The van der Waals surface area contributed by atoms with Crippen molar-refractivity contribution < 1.29 is 0 Å². The van der Waals surface area contributed by atoms with Gasteiger partial charge in [0, 0.05) is 11.6 Å². The molecule has 0 amide bonds. The highest BCUT2D eigenvalue weighted by Gasteiger charge is 2.02. The molecule has 0 saturated heterocycles. The number of rotatable bonds is 1. The quantitative estimate of drug-likeness (QED) is 0.595. The van der Waals surface area contributed by atoms with Gasteiger partial charge in [-0.2, -0.15) is 0 Å². The zero-order valence-corrected chi connectivity index (χ0v) is 8.46. The Bertz CT molecular complexity index is 308. The molecule has 0 aromatic carbocycles. The van der Waals surface area contributed by atoms with E-state index in [1.165, 1.54) is 0 Å². The lowest BCUT2D eigenvalue weighted by Crippen LogP contribution is -1.99. The SMILES string of the molecule is CC(C)(C)C#CCc1ccccn1. The van der Waals surface area contributed by atoms with Crippen molar-refractivity contribution in [2.24, 2.45) is 5.41 Å². The fraction of sp³-hybridized carbons (Fsp3) is 0.417. The van der Waals surface area contributed by atoms with E-state index >= 15 is 0 Å². The fourth-order valence-corrected chi connectivity index (χ4v) is 0.903. The van der Waals surface area contributed by atoms with Crippen LogP contribution in [0.1, 0.15) is 26.5 Å². The van der Waals surface area contributed by atoms with Crippen LogP contribution in [-0.4, -0.2) is 4.98 Å². The van der Waals surface area contributed by atoms with Crippen LogP contribution >= 0.6 is 0 Å². The fourth-order valence-electron chi connectivity index (χ4n) is 0.903.